The minimum Gasteiger partial charge on any atom is -0.497 e. The van der Waals surface area contributed by atoms with Gasteiger partial charge in [-0.25, -0.2) is 4.90 Å². The van der Waals surface area contributed by atoms with Gasteiger partial charge in [0.2, 0.25) is 0 Å². The van der Waals surface area contributed by atoms with Gasteiger partial charge in [0.1, 0.15) is 17.2 Å². The van der Waals surface area contributed by atoms with Gasteiger partial charge in [-0.05, 0) is 29.8 Å². The van der Waals surface area contributed by atoms with Crippen LogP contribution in [0.25, 0.3) is 5.57 Å². The third kappa shape index (κ3) is 3.79. The average molecular weight is 417 g/mol. The number of rotatable bonds is 7. The Bertz CT molecular complexity index is 972. The van der Waals surface area contributed by atoms with Gasteiger partial charge in [-0.15, -0.1) is 0 Å². The Labute approximate surface area is 173 Å². The Hall–Kier alpha value is -3.03. The maximum absolute atomic E-state index is 13.4. The number of imide groups is 1. The summed E-state index contributed by atoms with van der Waals surface area (Å²) < 4.78 is 10.6. The fourth-order valence-electron chi connectivity index (χ4n) is 3.20. The maximum atomic E-state index is 13.4. The summed E-state index contributed by atoms with van der Waals surface area (Å²) in [6, 6.07) is 11.5. The molecule has 1 aliphatic heterocycles. The first-order valence-electron chi connectivity index (χ1n) is 8.86. The zero-order chi connectivity index (χ0) is 21.1. The lowest BCUT2D eigenvalue weighted by Gasteiger charge is -2.21. The molecule has 2 amide bonds. The van der Waals surface area contributed by atoms with Crippen molar-refractivity contribution in [2.45, 2.75) is 0 Å². The normalized spacial score (nSPS) is 13.9. The highest BCUT2D eigenvalue weighted by Crippen LogP contribution is 2.39. The van der Waals surface area contributed by atoms with Crippen LogP contribution in [0.3, 0.4) is 0 Å². The fraction of sp³-hybridized carbons (Fsp3) is 0.238. The third-order valence-corrected chi connectivity index (χ3v) is 4.89. The van der Waals surface area contributed by atoms with Crippen LogP contribution < -0.4 is 14.4 Å². The van der Waals surface area contributed by atoms with E-state index in [1.165, 1.54) is 14.2 Å². The molecule has 152 valence electrons. The summed E-state index contributed by atoms with van der Waals surface area (Å²) >= 11 is 5.97. The SMILES string of the molecule is COc1ccc(N2C(=O)C(c3ccc(Cl)cc3)=C(N(C)CCO)C2=O)c(OC)c1. The van der Waals surface area contributed by atoms with Crippen LogP contribution in [0.5, 0.6) is 11.5 Å². The van der Waals surface area contributed by atoms with Crippen LogP contribution in [0.2, 0.25) is 5.02 Å². The lowest BCUT2D eigenvalue weighted by Crippen LogP contribution is -2.35. The molecular formula is C21H21ClN2O5. The molecule has 0 spiro atoms. The van der Waals surface area contributed by atoms with E-state index >= 15 is 0 Å². The molecule has 0 fully saturated rings. The van der Waals surface area contributed by atoms with Crippen LogP contribution in [0, 0.1) is 0 Å². The Morgan fingerprint density at radius 3 is 2.31 bits per heavy atom. The molecule has 29 heavy (non-hydrogen) atoms. The van der Waals surface area contributed by atoms with Crippen molar-refractivity contribution in [3.63, 3.8) is 0 Å². The van der Waals surface area contributed by atoms with Crippen molar-refractivity contribution >= 4 is 34.7 Å². The first-order chi connectivity index (χ1) is 13.9. The Balaban J connectivity index is 2.14. The Morgan fingerprint density at radius 2 is 1.72 bits per heavy atom. The number of ether oxygens (including phenoxy) is 2. The Kier molecular flexibility index (Phi) is 6.10. The van der Waals surface area contributed by atoms with E-state index in [-0.39, 0.29) is 24.4 Å². The highest BCUT2D eigenvalue weighted by atomic mass is 35.5. The summed E-state index contributed by atoms with van der Waals surface area (Å²) in [4.78, 5) is 29.3. The zero-order valence-electron chi connectivity index (χ0n) is 16.3. The number of likely N-dealkylation sites (N-methyl/N-ethyl adjacent to an activating group) is 1. The second-order valence-corrected chi connectivity index (χ2v) is 6.80. The van der Waals surface area contributed by atoms with E-state index in [2.05, 4.69) is 0 Å². The molecule has 1 heterocycles. The van der Waals surface area contributed by atoms with Crippen molar-refractivity contribution in [3.8, 4) is 11.5 Å². The lowest BCUT2D eigenvalue weighted by molar-refractivity contribution is -0.120. The number of benzene rings is 2. The number of carbonyl (C=O) groups is 2. The Morgan fingerprint density at radius 1 is 1.03 bits per heavy atom. The van der Waals surface area contributed by atoms with Gasteiger partial charge in [0.05, 0.1) is 32.1 Å². The standard InChI is InChI=1S/C21H21ClN2O5/c1-23(10-11-25)19-18(13-4-6-14(22)7-5-13)20(26)24(21(19)27)16-9-8-15(28-2)12-17(16)29-3/h4-9,12,25H,10-11H2,1-3H3. The van der Waals surface area contributed by atoms with Gasteiger partial charge in [-0.3, -0.25) is 9.59 Å². The van der Waals surface area contributed by atoms with E-state index in [0.717, 1.165) is 4.90 Å². The van der Waals surface area contributed by atoms with Gasteiger partial charge < -0.3 is 19.5 Å². The summed E-state index contributed by atoms with van der Waals surface area (Å²) in [7, 11) is 4.62. The number of aliphatic hydroxyl groups excluding tert-OH is 1. The molecule has 0 unspecified atom stereocenters. The van der Waals surface area contributed by atoms with Gasteiger partial charge in [0.25, 0.3) is 11.8 Å². The van der Waals surface area contributed by atoms with Crippen LogP contribution in [-0.4, -0.2) is 56.2 Å². The largest absolute Gasteiger partial charge is 0.497 e. The van der Waals surface area contributed by atoms with Gasteiger partial charge >= 0.3 is 0 Å². The smallest absolute Gasteiger partial charge is 0.282 e. The predicted molar refractivity (Wildman–Crippen MR) is 110 cm³/mol. The van der Waals surface area contributed by atoms with Gasteiger partial charge in [0.15, 0.2) is 0 Å². The second kappa shape index (κ2) is 8.55. The molecule has 0 aromatic heterocycles. The number of anilines is 1. The fourth-order valence-corrected chi connectivity index (χ4v) is 3.33. The monoisotopic (exact) mass is 416 g/mol. The van der Waals surface area contributed by atoms with Crippen LogP contribution in [0.15, 0.2) is 48.2 Å². The maximum Gasteiger partial charge on any atom is 0.282 e. The van der Waals surface area contributed by atoms with Gasteiger partial charge in [-0.1, -0.05) is 23.7 Å². The van der Waals surface area contributed by atoms with E-state index in [4.69, 9.17) is 21.1 Å². The molecule has 3 rings (SSSR count). The van der Waals surface area contributed by atoms with Gasteiger partial charge in [0, 0.05) is 24.7 Å². The molecule has 1 aliphatic rings. The van der Waals surface area contributed by atoms with E-state index in [1.807, 2.05) is 0 Å². The first-order valence-corrected chi connectivity index (χ1v) is 9.23. The molecule has 2 aromatic carbocycles. The molecule has 7 nitrogen and oxygen atoms in total. The highest BCUT2D eigenvalue weighted by Gasteiger charge is 2.42. The number of hydrogen-bond donors (Lipinski definition) is 1. The number of methoxy groups -OCH3 is 2. The molecule has 2 aromatic rings. The van der Waals surface area contributed by atoms with Crippen LogP contribution in [0.1, 0.15) is 5.56 Å². The third-order valence-electron chi connectivity index (χ3n) is 4.64. The lowest BCUT2D eigenvalue weighted by atomic mass is 10.0. The molecule has 0 aliphatic carbocycles. The van der Waals surface area contributed by atoms with Crippen molar-refractivity contribution in [2.75, 3.05) is 39.3 Å². The van der Waals surface area contributed by atoms with E-state index in [9.17, 15) is 14.7 Å². The van der Waals surface area contributed by atoms with Crippen molar-refractivity contribution in [1.29, 1.82) is 0 Å². The van der Waals surface area contributed by atoms with E-state index in [0.29, 0.717) is 27.8 Å². The molecular weight excluding hydrogens is 396 g/mol. The summed E-state index contributed by atoms with van der Waals surface area (Å²) in [6.45, 7) is 0.0280. The van der Waals surface area contributed by atoms with Gasteiger partial charge in [-0.2, -0.15) is 0 Å². The second-order valence-electron chi connectivity index (χ2n) is 6.36. The topological polar surface area (TPSA) is 79.3 Å². The van der Waals surface area contributed by atoms with Crippen molar-refractivity contribution in [3.05, 3.63) is 58.7 Å². The highest BCUT2D eigenvalue weighted by molar-refractivity contribution is 6.45. The van der Waals surface area contributed by atoms with Crippen LogP contribution >= 0.6 is 11.6 Å². The molecule has 0 bridgehead atoms. The molecule has 0 saturated heterocycles. The summed E-state index contributed by atoms with van der Waals surface area (Å²) in [6.07, 6.45) is 0. The molecule has 0 saturated carbocycles. The van der Waals surface area contributed by atoms with Crippen molar-refractivity contribution < 1.29 is 24.2 Å². The summed E-state index contributed by atoms with van der Waals surface area (Å²) in [5.41, 5.74) is 1.30. The van der Waals surface area contributed by atoms with Crippen molar-refractivity contribution in [1.82, 2.24) is 4.90 Å². The quantitative estimate of drug-likeness (QED) is 0.699. The number of hydrogen-bond acceptors (Lipinski definition) is 6. The first kappa shape index (κ1) is 20.7. The number of halogens is 1. The number of carbonyl (C=O) groups excluding carboxylic acids is 2. The molecule has 1 N–H and O–H groups in total. The van der Waals surface area contributed by atoms with Crippen LogP contribution in [-0.2, 0) is 9.59 Å². The number of nitrogens with zero attached hydrogens (tertiary/aromatic N) is 2. The zero-order valence-corrected chi connectivity index (χ0v) is 17.1. The number of aliphatic hydroxyl groups is 1. The summed E-state index contributed by atoms with van der Waals surface area (Å²) in [5.74, 6) is -0.124. The summed E-state index contributed by atoms with van der Waals surface area (Å²) in [5, 5.41) is 9.86. The van der Waals surface area contributed by atoms with Crippen LogP contribution in [0.4, 0.5) is 5.69 Å². The minimum absolute atomic E-state index is 0.165. The molecule has 0 radical (unpaired) electrons. The minimum atomic E-state index is -0.501. The predicted octanol–water partition coefficient (Wildman–Crippen LogP) is 2.57. The number of amides is 2. The van der Waals surface area contributed by atoms with Crippen molar-refractivity contribution in [2.24, 2.45) is 0 Å². The van der Waals surface area contributed by atoms with E-state index < -0.39 is 11.8 Å². The average Bonchev–Trinajstić information content (AvgIpc) is 2.98. The molecule has 8 heteroatoms. The van der Waals surface area contributed by atoms with E-state index in [1.54, 1.807) is 54.4 Å². The molecule has 0 atom stereocenters.